The highest BCUT2D eigenvalue weighted by Gasteiger charge is 2.07. The van der Waals surface area contributed by atoms with Gasteiger partial charge in [-0.2, -0.15) is 0 Å². The molecule has 0 unspecified atom stereocenters. The van der Waals surface area contributed by atoms with Crippen LogP contribution in [0.5, 0.6) is 5.75 Å². The number of aryl methyl sites for hydroxylation is 1. The molecule has 1 aromatic carbocycles. The van der Waals surface area contributed by atoms with Crippen molar-refractivity contribution in [2.75, 3.05) is 32.0 Å². The Labute approximate surface area is 120 Å². The molecular weight excluding hydrogens is 250 g/mol. The summed E-state index contributed by atoms with van der Waals surface area (Å²) in [5, 5.41) is 0.982. The Morgan fingerprint density at radius 1 is 1.20 bits per heavy atom. The highest BCUT2D eigenvalue weighted by atomic mass is 16.5. The van der Waals surface area contributed by atoms with Gasteiger partial charge in [-0.05, 0) is 38.2 Å². The first-order valence-electron chi connectivity index (χ1n) is 7.16. The van der Waals surface area contributed by atoms with E-state index in [2.05, 4.69) is 23.7 Å². The van der Waals surface area contributed by atoms with Gasteiger partial charge >= 0.3 is 0 Å². The second kappa shape index (κ2) is 6.57. The van der Waals surface area contributed by atoms with Crippen molar-refractivity contribution in [1.82, 2.24) is 9.88 Å². The summed E-state index contributed by atoms with van der Waals surface area (Å²) in [6.07, 6.45) is 0. The molecule has 0 radical (unpaired) electrons. The Balaban J connectivity index is 2.18. The maximum Gasteiger partial charge on any atom is 0.130 e. The highest BCUT2D eigenvalue weighted by Crippen LogP contribution is 2.27. The van der Waals surface area contributed by atoms with E-state index in [4.69, 9.17) is 10.5 Å². The number of pyridine rings is 1. The average molecular weight is 273 g/mol. The monoisotopic (exact) mass is 273 g/mol. The lowest BCUT2D eigenvalue weighted by Gasteiger charge is -2.18. The smallest absolute Gasteiger partial charge is 0.130 e. The first-order chi connectivity index (χ1) is 9.63. The number of nitrogens with zero attached hydrogens (tertiary/aromatic N) is 2. The van der Waals surface area contributed by atoms with Crippen molar-refractivity contribution in [3.63, 3.8) is 0 Å². The van der Waals surface area contributed by atoms with Gasteiger partial charge in [-0.15, -0.1) is 0 Å². The Bertz CT molecular complexity index is 579. The molecule has 4 heteroatoms. The lowest BCUT2D eigenvalue weighted by atomic mass is 10.1. The van der Waals surface area contributed by atoms with Crippen LogP contribution in [0.4, 0.5) is 5.69 Å². The van der Waals surface area contributed by atoms with E-state index in [0.717, 1.165) is 47.7 Å². The molecular formula is C16H23N3O. The van der Waals surface area contributed by atoms with Gasteiger partial charge in [-0.1, -0.05) is 13.8 Å². The Hall–Kier alpha value is -1.81. The number of ether oxygens (including phenoxy) is 1. The maximum atomic E-state index is 5.95. The van der Waals surface area contributed by atoms with Gasteiger partial charge in [0.1, 0.15) is 12.4 Å². The molecule has 0 fully saturated rings. The van der Waals surface area contributed by atoms with E-state index in [-0.39, 0.29) is 0 Å². The second-order valence-corrected chi connectivity index (χ2v) is 4.91. The van der Waals surface area contributed by atoms with Gasteiger partial charge in [-0.3, -0.25) is 4.98 Å². The van der Waals surface area contributed by atoms with Crippen molar-refractivity contribution in [2.45, 2.75) is 20.8 Å². The van der Waals surface area contributed by atoms with Crippen LogP contribution >= 0.6 is 0 Å². The van der Waals surface area contributed by atoms with Crippen molar-refractivity contribution in [2.24, 2.45) is 0 Å². The zero-order valence-corrected chi connectivity index (χ0v) is 12.5. The van der Waals surface area contributed by atoms with Gasteiger partial charge in [0.05, 0.1) is 5.52 Å². The van der Waals surface area contributed by atoms with Crippen molar-refractivity contribution in [3.8, 4) is 5.75 Å². The fourth-order valence-electron chi connectivity index (χ4n) is 2.28. The van der Waals surface area contributed by atoms with Crippen LogP contribution in [0.15, 0.2) is 24.3 Å². The van der Waals surface area contributed by atoms with Crippen LogP contribution < -0.4 is 10.5 Å². The van der Waals surface area contributed by atoms with E-state index >= 15 is 0 Å². The van der Waals surface area contributed by atoms with Gasteiger partial charge in [-0.25, -0.2) is 0 Å². The predicted molar refractivity (Wildman–Crippen MR) is 84.2 cm³/mol. The molecule has 0 saturated carbocycles. The van der Waals surface area contributed by atoms with E-state index in [9.17, 15) is 0 Å². The number of aromatic nitrogens is 1. The Kier molecular flexibility index (Phi) is 4.79. The summed E-state index contributed by atoms with van der Waals surface area (Å²) in [6, 6.07) is 7.71. The zero-order chi connectivity index (χ0) is 14.5. The molecule has 0 atom stereocenters. The standard InChI is InChI=1S/C16H23N3O/c1-4-19(5-2)8-9-20-16-10-12(3)18-15-7-6-13(17)11-14(15)16/h6-7,10-11H,4-5,8-9,17H2,1-3H3. The van der Waals surface area contributed by atoms with E-state index in [1.807, 2.05) is 31.2 Å². The number of anilines is 1. The minimum atomic E-state index is 0.676. The summed E-state index contributed by atoms with van der Waals surface area (Å²) in [5.41, 5.74) is 8.48. The fourth-order valence-corrected chi connectivity index (χ4v) is 2.28. The van der Waals surface area contributed by atoms with Crippen molar-refractivity contribution in [1.29, 1.82) is 0 Å². The van der Waals surface area contributed by atoms with E-state index < -0.39 is 0 Å². The van der Waals surface area contributed by atoms with Crippen LogP contribution in [0.25, 0.3) is 10.9 Å². The molecule has 1 heterocycles. The number of nitrogen functional groups attached to an aromatic ring is 1. The first-order valence-corrected chi connectivity index (χ1v) is 7.16. The lowest BCUT2D eigenvalue weighted by Crippen LogP contribution is -2.27. The predicted octanol–water partition coefficient (Wildman–Crippen LogP) is 2.85. The molecule has 0 aliphatic heterocycles. The molecule has 2 rings (SSSR count). The molecule has 4 nitrogen and oxygen atoms in total. The molecule has 108 valence electrons. The third-order valence-corrected chi connectivity index (χ3v) is 3.48. The molecule has 0 aliphatic carbocycles. The number of rotatable bonds is 6. The summed E-state index contributed by atoms with van der Waals surface area (Å²) in [7, 11) is 0. The largest absolute Gasteiger partial charge is 0.491 e. The number of hydrogen-bond donors (Lipinski definition) is 1. The van der Waals surface area contributed by atoms with Gasteiger partial charge in [0, 0.05) is 29.4 Å². The molecule has 2 N–H and O–H groups in total. The van der Waals surface area contributed by atoms with Crippen LogP contribution in [0.1, 0.15) is 19.5 Å². The van der Waals surface area contributed by atoms with Gasteiger partial charge in [0.15, 0.2) is 0 Å². The third kappa shape index (κ3) is 3.39. The first kappa shape index (κ1) is 14.6. The van der Waals surface area contributed by atoms with Gasteiger partial charge < -0.3 is 15.4 Å². The van der Waals surface area contributed by atoms with Crippen LogP contribution in [0, 0.1) is 6.92 Å². The highest BCUT2D eigenvalue weighted by molar-refractivity contribution is 5.87. The molecule has 0 amide bonds. The zero-order valence-electron chi connectivity index (χ0n) is 12.5. The number of likely N-dealkylation sites (N-methyl/N-ethyl adjacent to an activating group) is 1. The summed E-state index contributed by atoms with van der Waals surface area (Å²) in [5.74, 6) is 0.868. The van der Waals surface area contributed by atoms with Gasteiger partial charge in [0.25, 0.3) is 0 Å². The number of fused-ring (bicyclic) bond motifs is 1. The van der Waals surface area contributed by atoms with Crippen LogP contribution in [0.2, 0.25) is 0 Å². The minimum Gasteiger partial charge on any atom is -0.491 e. The lowest BCUT2D eigenvalue weighted by molar-refractivity contribution is 0.224. The molecule has 0 bridgehead atoms. The summed E-state index contributed by atoms with van der Waals surface area (Å²) in [6.45, 7) is 10.00. The molecule has 2 aromatic rings. The Morgan fingerprint density at radius 2 is 1.95 bits per heavy atom. The summed E-state index contributed by atoms with van der Waals surface area (Å²) < 4.78 is 5.95. The number of hydrogen-bond acceptors (Lipinski definition) is 4. The number of benzene rings is 1. The van der Waals surface area contributed by atoms with Gasteiger partial charge in [0.2, 0.25) is 0 Å². The van der Waals surface area contributed by atoms with Crippen LogP contribution in [0.3, 0.4) is 0 Å². The summed E-state index contributed by atoms with van der Waals surface area (Å²) in [4.78, 5) is 6.84. The van der Waals surface area contributed by atoms with Crippen molar-refractivity contribution in [3.05, 3.63) is 30.0 Å². The SMILES string of the molecule is CCN(CC)CCOc1cc(C)nc2ccc(N)cc12. The van der Waals surface area contributed by atoms with Crippen LogP contribution in [-0.2, 0) is 0 Å². The quantitative estimate of drug-likeness (QED) is 0.822. The van der Waals surface area contributed by atoms with Crippen molar-refractivity contribution >= 4 is 16.6 Å². The minimum absolute atomic E-state index is 0.676. The topological polar surface area (TPSA) is 51.4 Å². The third-order valence-electron chi connectivity index (χ3n) is 3.48. The van der Waals surface area contributed by atoms with Crippen LogP contribution in [-0.4, -0.2) is 36.1 Å². The normalized spacial score (nSPS) is 11.2. The molecule has 0 saturated heterocycles. The molecule has 0 aliphatic rings. The molecule has 1 aromatic heterocycles. The van der Waals surface area contributed by atoms with E-state index in [1.165, 1.54) is 0 Å². The molecule has 0 spiro atoms. The Morgan fingerprint density at radius 3 is 2.65 bits per heavy atom. The average Bonchev–Trinajstić information content (AvgIpc) is 2.44. The van der Waals surface area contributed by atoms with Crippen molar-refractivity contribution < 1.29 is 4.74 Å². The fraction of sp³-hybridized carbons (Fsp3) is 0.438. The van der Waals surface area contributed by atoms with E-state index in [0.29, 0.717) is 6.61 Å². The van der Waals surface area contributed by atoms with E-state index in [1.54, 1.807) is 0 Å². The maximum absolute atomic E-state index is 5.95. The number of nitrogens with two attached hydrogens (primary N) is 1. The summed E-state index contributed by atoms with van der Waals surface area (Å²) >= 11 is 0. The molecule has 20 heavy (non-hydrogen) atoms. The second-order valence-electron chi connectivity index (χ2n) is 4.91.